The van der Waals surface area contributed by atoms with Crippen LogP contribution in [0, 0.1) is 6.92 Å². The molecule has 2 heterocycles. The number of rotatable bonds is 6. The van der Waals surface area contributed by atoms with Gasteiger partial charge in [-0.3, -0.25) is 9.48 Å². The molecule has 0 bridgehead atoms. The van der Waals surface area contributed by atoms with Gasteiger partial charge in [0.1, 0.15) is 11.0 Å². The van der Waals surface area contributed by atoms with Crippen LogP contribution in [0.15, 0.2) is 12.3 Å². The fraction of sp³-hybridized carbons (Fsp3) is 0.526. The summed E-state index contributed by atoms with van der Waals surface area (Å²) < 4.78 is 7.00. The first-order valence-corrected chi connectivity index (χ1v) is 9.97. The molecule has 0 spiro atoms. The molecule has 26 heavy (non-hydrogen) atoms. The first-order chi connectivity index (χ1) is 12.5. The quantitative estimate of drug-likeness (QED) is 0.777. The van der Waals surface area contributed by atoms with Gasteiger partial charge in [0, 0.05) is 11.1 Å². The van der Waals surface area contributed by atoms with Gasteiger partial charge in [-0.2, -0.15) is 5.10 Å². The molecule has 2 aromatic heterocycles. The number of hydrogen-bond acceptors (Lipinski definition) is 5. The normalized spacial score (nSPS) is 14.6. The summed E-state index contributed by atoms with van der Waals surface area (Å²) in [6.07, 6.45) is 6.57. The van der Waals surface area contributed by atoms with Crippen molar-refractivity contribution < 1.29 is 14.3 Å². The predicted molar refractivity (Wildman–Crippen MR) is 102 cm³/mol. The van der Waals surface area contributed by atoms with Gasteiger partial charge in [-0.1, -0.05) is 6.92 Å². The van der Waals surface area contributed by atoms with Crippen LogP contribution in [0.2, 0.25) is 0 Å². The van der Waals surface area contributed by atoms with E-state index in [1.54, 1.807) is 17.8 Å². The third kappa shape index (κ3) is 3.82. The number of ether oxygens (including phenoxy) is 1. The lowest BCUT2D eigenvalue weighted by atomic mass is 9.95. The second kappa shape index (κ2) is 8.03. The molecule has 1 unspecified atom stereocenters. The summed E-state index contributed by atoms with van der Waals surface area (Å²) in [5.41, 5.74) is 2.47. The number of aromatic nitrogens is 2. The van der Waals surface area contributed by atoms with Gasteiger partial charge in [0.15, 0.2) is 0 Å². The van der Waals surface area contributed by atoms with E-state index in [0.717, 1.165) is 43.4 Å². The van der Waals surface area contributed by atoms with Crippen molar-refractivity contribution in [3.8, 4) is 0 Å². The van der Waals surface area contributed by atoms with Crippen LogP contribution in [-0.4, -0.2) is 28.3 Å². The number of anilines is 1. The monoisotopic (exact) mass is 375 g/mol. The zero-order valence-corrected chi connectivity index (χ0v) is 16.3. The number of carbonyl (C=O) groups excluding carboxylic acids is 2. The van der Waals surface area contributed by atoms with Crippen LogP contribution in [0.25, 0.3) is 0 Å². The van der Waals surface area contributed by atoms with Crippen molar-refractivity contribution in [3.63, 3.8) is 0 Å². The molecule has 1 amide bonds. The number of carbonyl (C=O) groups is 2. The minimum Gasteiger partial charge on any atom is -0.462 e. The lowest BCUT2D eigenvalue weighted by molar-refractivity contribution is -0.119. The molecule has 0 saturated carbocycles. The number of aryl methyl sites for hydroxylation is 2. The highest BCUT2D eigenvalue weighted by atomic mass is 32.1. The summed E-state index contributed by atoms with van der Waals surface area (Å²) in [7, 11) is 0. The molecule has 2 aromatic rings. The van der Waals surface area contributed by atoms with Crippen LogP contribution in [0.3, 0.4) is 0 Å². The van der Waals surface area contributed by atoms with Crippen LogP contribution in [0.4, 0.5) is 5.00 Å². The Kier molecular flexibility index (Phi) is 5.76. The maximum Gasteiger partial charge on any atom is 0.341 e. The van der Waals surface area contributed by atoms with Crippen molar-refractivity contribution in [2.75, 3.05) is 11.9 Å². The number of esters is 1. The van der Waals surface area contributed by atoms with E-state index in [0.29, 0.717) is 17.2 Å². The van der Waals surface area contributed by atoms with Crippen molar-refractivity contribution in [2.24, 2.45) is 0 Å². The Morgan fingerprint density at radius 3 is 2.85 bits per heavy atom. The largest absolute Gasteiger partial charge is 0.462 e. The Morgan fingerprint density at radius 1 is 1.38 bits per heavy atom. The summed E-state index contributed by atoms with van der Waals surface area (Å²) in [6, 6.07) is 1.41. The van der Waals surface area contributed by atoms with Gasteiger partial charge in [0.05, 0.1) is 17.9 Å². The number of nitrogens with zero attached hydrogens (tertiary/aromatic N) is 2. The summed E-state index contributed by atoms with van der Waals surface area (Å²) in [6.45, 7) is 6.03. The van der Waals surface area contributed by atoms with E-state index < -0.39 is 6.04 Å². The number of nitrogens with one attached hydrogen (secondary N) is 1. The average molecular weight is 375 g/mol. The Hall–Kier alpha value is -2.15. The molecule has 3 rings (SSSR count). The molecule has 1 aliphatic carbocycles. The standard InChI is InChI=1S/C19H25N3O3S/c1-4-11-25-19(24)16-14-7-5-6-8-15(14)26-18(16)20-17(23)13(3)22-10-9-12(2)21-22/h9-10,13H,4-8,11H2,1-3H3,(H,20,23). The molecule has 6 nitrogen and oxygen atoms in total. The van der Waals surface area contributed by atoms with Gasteiger partial charge in [0.25, 0.3) is 0 Å². The Balaban J connectivity index is 1.85. The molecule has 1 N–H and O–H groups in total. The van der Waals surface area contributed by atoms with E-state index in [1.165, 1.54) is 16.2 Å². The number of fused-ring (bicyclic) bond motifs is 1. The molecule has 0 saturated heterocycles. The first-order valence-electron chi connectivity index (χ1n) is 9.15. The summed E-state index contributed by atoms with van der Waals surface area (Å²) in [5.74, 6) is -0.514. The summed E-state index contributed by atoms with van der Waals surface area (Å²) in [5, 5.41) is 7.86. The van der Waals surface area contributed by atoms with Crippen LogP contribution in [0.1, 0.15) is 65.6 Å². The molecule has 0 aromatic carbocycles. The molecule has 7 heteroatoms. The molecule has 0 radical (unpaired) electrons. The minimum absolute atomic E-state index is 0.184. The van der Waals surface area contributed by atoms with Gasteiger partial charge in [-0.05, 0) is 57.6 Å². The Morgan fingerprint density at radius 2 is 2.15 bits per heavy atom. The maximum atomic E-state index is 12.7. The van der Waals surface area contributed by atoms with Gasteiger partial charge < -0.3 is 10.1 Å². The van der Waals surface area contributed by atoms with Crippen molar-refractivity contribution in [1.29, 1.82) is 0 Å². The highest BCUT2D eigenvalue weighted by molar-refractivity contribution is 7.17. The molecular weight excluding hydrogens is 350 g/mol. The van der Waals surface area contributed by atoms with E-state index in [9.17, 15) is 9.59 Å². The van der Waals surface area contributed by atoms with Crippen molar-refractivity contribution in [3.05, 3.63) is 34.0 Å². The minimum atomic E-state index is -0.456. The van der Waals surface area contributed by atoms with Crippen molar-refractivity contribution in [1.82, 2.24) is 9.78 Å². The number of amides is 1. The summed E-state index contributed by atoms with van der Waals surface area (Å²) in [4.78, 5) is 26.5. The van der Waals surface area contributed by atoms with E-state index in [2.05, 4.69) is 10.4 Å². The fourth-order valence-corrected chi connectivity index (χ4v) is 4.40. The zero-order valence-electron chi connectivity index (χ0n) is 15.5. The van der Waals surface area contributed by atoms with Gasteiger partial charge >= 0.3 is 5.97 Å². The van der Waals surface area contributed by atoms with E-state index in [1.807, 2.05) is 19.9 Å². The number of thiophene rings is 1. The van der Waals surface area contributed by atoms with E-state index in [4.69, 9.17) is 4.74 Å². The fourth-order valence-electron chi connectivity index (χ4n) is 3.12. The molecule has 1 atom stereocenters. The van der Waals surface area contributed by atoms with E-state index in [-0.39, 0.29) is 11.9 Å². The SMILES string of the molecule is CCCOC(=O)c1c(NC(=O)C(C)n2ccc(C)n2)sc2c1CCCC2. The first kappa shape index (κ1) is 18.6. The highest BCUT2D eigenvalue weighted by Crippen LogP contribution is 2.38. The molecule has 140 valence electrons. The van der Waals surface area contributed by atoms with Crippen LogP contribution >= 0.6 is 11.3 Å². The lowest BCUT2D eigenvalue weighted by Gasteiger charge is -2.14. The van der Waals surface area contributed by atoms with Crippen LogP contribution in [-0.2, 0) is 22.4 Å². The van der Waals surface area contributed by atoms with Crippen molar-refractivity contribution >= 4 is 28.2 Å². The van der Waals surface area contributed by atoms with Crippen LogP contribution in [0.5, 0.6) is 0 Å². The van der Waals surface area contributed by atoms with Gasteiger partial charge in [-0.15, -0.1) is 11.3 Å². The maximum absolute atomic E-state index is 12.7. The smallest absolute Gasteiger partial charge is 0.341 e. The highest BCUT2D eigenvalue weighted by Gasteiger charge is 2.28. The second-order valence-corrected chi connectivity index (χ2v) is 7.76. The lowest BCUT2D eigenvalue weighted by Crippen LogP contribution is -2.24. The molecular formula is C19H25N3O3S. The zero-order chi connectivity index (χ0) is 18.7. The average Bonchev–Trinajstić information content (AvgIpc) is 3.22. The third-order valence-corrected chi connectivity index (χ3v) is 5.77. The Bertz CT molecular complexity index is 809. The Labute approximate surface area is 157 Å². The number of hydrogen-bond donors (Lipinski definition) is 1. The summed E-state index contributed by atoms with van der Waals surface area (Å²) >= 11 is 1.51. The van der Waals surface area contributed by atoms with Gasteiger partial charge in [-0.25, -0.2) is 4.79 Å². The van der Waals surface area contributed by atoms with Crippen molar-refractivity contribution in [2.45, 2.75) is 58.9 Å². The second-order valence-electron chi connectivity index (χ2n) is 6.65. The third-order valence-electron chi connectivity index (χ3n) is 4.57. The van der Waals surface area contributed by atoms with Crippen LogP contribution < -0.4 is 5.32 Å². The van der Waals surface area contributed by atoms with E-state index >= 15 is 0 Å². The predicted octanol–water partition coefficient (Wildman–Crippen LogP) is 3.90. The molecule has 0 aliphatic heterocycles. The topological polar surface area (TPSA) is 73.2 Å². The molecule has 1 aliphatic rings. The van der Waals surface area contributed by atoms with Gasteiger partial charge in [0.2, 0.25) is 5.91 Å². The molecule has 0 fully saturated rings.